The second kappa shape index (κ2) is 28.2. The molecule has 3 N–H and O–H groups in total. The van der Waals surface area contributed by atoms with Gasteiger partial charge in [0, 0.05) is 49.0 Å². The molecule has 0 saturated carbocycles. The van der Waals surface area contributed by atoms with Crippen LogP contribution < -0.4 is 5.73 Å². The van der Waals surface area contributed by atoms with Crippen LogP contribution in [0.5, 0.6) is 0 Å². The van der Waals surface area contributed by atoms with E-state index in [1.54, 1.807) is 24.3 Å². The lowest BCUT2D eigenvalue weighted by Gasteiger charge is -2.11. The third-order valence-corrected chi connectivity index (χ3v) is 12.0. The number of imidazole rings is 2. The van der Waals surface area contributed by atoms with Crippen LogP contribution in [0.3, 0.4) is 0 Å². The van der Waals surface area contributed by atoms with E-state index in [2.05, 4.69) is 15.0 Å². The number of nitro benzene ring substituents is 1. The fourth-order valence-corrected chi connectivity index (χ4v) is 7.71. The first-order valence-electron chi connectivity index (χ1n) is 23.0. The van der Waals surface area contributed by atoms with Crippen LogP contribution in [0.1, 0.15) is 55.2 Å². The molecule has 0 unspecified atom stereocenters. The van der Waals surface area contributed by atoms with Crippen molar-refractivity contribution < 1.29 is 76.4 Å². The van der Waals surface area contributed by atoms with E-state index in [0.717, 1.165) is 77.4 Å². The van der Waals surface area contributed by atoms with Crippen molar-refractivity contribution in [1.29, 1.82) is 0 Å². The van der Waals surface area contributed by atoms with Gasteiger partial charge in [-0.3, -0.25) is 29.1 Å². The Labute approximate surface area is 491 Å². The number of carbonyl (C=O) groups excluding carboxylic acids is 3. The summed E-state index contributed by atoms with van der Waals surface area (Å²) in [7, 11) is 0. The van der Waals surface area contributed by atoms with Gasteiger partial charge >= 0.3 is 18.5 Å². The Hall–Kier alpha value is -8.84. The molecule has 0 bridgehead atoms. The predicted octanol–water partition coefficient (Wildman–Crippen LogP) is 18.6. The van der Waals surface area contributed by atoms with Gasteiger partial charge in [-0.2, -0.15) is 39.5 Å². The number of nitrogen functional groups attached to an aromatic ring is 1. The van der Waals surface area contributed by atoms with Gasteiger partial charge in [0.15, 0.2) is 23.3 Å². The van der Waals surface area contributed by atoms with Gasteiger partial charge in [0.2, 0.25) is 0 Å². The quantitative estimate of drug-likeness (QED) is 0.0414. The minimum Gasteiger partial charge on any atom is -0.393 e. The maximum Gasteiger partial charge on any atom is 0.416 e. The molecule has 0 fully saturated rings. The molecule has 442 valence electrons. The smallest absolute Gasteiger partial charge is 0.393 e. The molecule has 10 aromatic rings. The SMILES string of the molecule is C.FC(F)(F)c1cccc(-c2nc3ccc(Cl)cc3[nH]2)c1.Nc1ccc(Cl)cc1[N+](=O)[O-].O=C(Cl)c1ccc(F)c(F)c1.O=C(c1ccc(F)c(F)c1)n1c(-c2cccc(C(F)(F)F)c2)nc2cc(Cl)ccc21.O=Cc1cccc(C(F)(F)F)c1. The highest BCUT2D eigenvalue weighted by molar-refractivity contribution is 6.67. The van der Waals surface area contributed by atoms with Crippen molar-refractivity contribution >= 4 is 97.3 Å². The van der Waals surface area contributed by atoms with E-state index in [1.165, 1.54) is 66.7 Å². The van der Waals surface area contributed by atoms with Crippen LogP contribution in [-0.2, 0) is 18.5 Å². The standard InChI is InChI=1S/C21H10ClF5N2O.C14H8ClF3N2.C8H5F3O.C7H3ClF2O.C6H5ClN2O2.CH4/c22-14-5-7-18-17(10-14)28-19(11-2-1-3-13(8-11)21(25,26)27)29(18)20(30)12-4-6-15(23)16(24)9-12;15-10-4-5-11-12(7-10)20-13(19-11)8-2-1-3-9(6-8)14(16,17)18;9-8(10,11)7-3-1-2-6(4-7)5-12;8-7(11)4-1-2-5(9)6(10)3-4;7-4-1-2-5(8)6(3-4)9(10)11;/h1-10H;1-7H,(H,19,20);1-5H;1-3H;1-3H,8H2;1H4. The Morgan fingerprint density at radius 3 is 1.60 bits per heavy atom. The summed E-state index contributed by atoms with van der Waals surface area (Å²) in [6.07, 6.45) is -13.0. The first kappa shape index (κ1) is 67.0. The number of nitrogens with two attached hydrogens (primary N) is 1. The first-order valence-corrected chi connectivity index (χ1v) is 24.5. The highest BCUT2D eigenvalue weighted by Crippen LogP contribution is 2.36. The van der Waals surface area contributed by atoms with Crippen LogP contribution in [0.2, 0.25) is 15.1 Å². The molecule has 0 saturated heterocycles. The Balaban J connectivity index is 0.000000208. The van der Waals surface area contributed by atoms with Crippen molar-refractivity contribution in [3.63, 3.8) is 0 Å². The molecule has 11 nitrogen and oxygen atoms in total. The number of H-pyrrole nitrogens is 1. The summed E-state index contributed by atoms with van der Waals surface area (Å²) in [5, 5.41) is 10.6. The van der Waals surface area contributed by atoms with Crippen LogP contribution in [-0.4, -0.2) is 41.9 Å². The van der Waals surface area contributed by atoms with Gasteiger partial charge in [-0.15, -0.1) is 0 Å². The van der Waals surface area contributed by atoms with E-state index in [0.29, 0.717) is 43.8 Å². The molecule has 28 heteroatoms. The number of hydrogen-bond acceptors (Lipinski definition) is 8. The minimum atomic E-state index is -4.60. The number of aromatic amines is 1. The van der Waals surface area contributed by atoms with E-state index >= 15 is 0 Å². The Morgan fingerprint density at radius 2 is 1.06 bits per heavy atom. The predicted molar refractivity (Wildman–Crippen MR) is 295 cm³/mol. The average Bonchev–Trinajstić information content (AvgIpc) is 3.20. The van der Waals surface area contributed by atoms with Crippen molar-refractivity contribution in [1.82, 2.24) is 19.5 Å². The van der Waals surface area contributed by atoms with E-state index in [9.17, 15) is 81.6 Å². The second-order valence-electron chi connectivity index (χ2n) is 16.8. The lowest BCUT2D eigenvalue weighted by atomic mass is 10.1. The largest absolute Gasteiger partial charge is 0.416 e. The maximum absolute atomic E-state index is 13.7. The number of aldehydes is 1. The number of hydrogen-bond donors (Lipinski definition) is 2. The fraction of sp³-hybridized carbons (Fsp3) is 0.0702. The number of anilines is 1. The van der Waals surface area contributed by atoms with Gasteiger partial charge in [0.25, 0.3) is 16.8 Å². The summed E-state index contributed by atoms with van der Waals surface area (Å²) in [6, 6.07) is 32.5. The molecular formula is C57H35Cl4F13N6O5. The molecule has 0 atom stereocenters. The maximum atomic E-state index is 13.7. The van der Waals surface area contributed by atoms with Crippen molar-refractivity contribution in [2.75, 3.05) is 5.73 Å². The van der Waals surface area contributed by atoms with Crippen molar-refractivity contribution in [2.24, 2.45) is 0 Å². The lowest BCUT2D eigenvalue weighted by Crippen LogP contribution is -2.14. The highest BCUT2D eigenvalue weighted by atomic mass is 35.5. The summed E-state index contributed by atoms with van der Waals surface area (Å²) in [5.74, 6) is -4.92. The number of carbonyl (C=O) groups is 3. The third kappa shape index (κ3) is 17.8. The zero-order chi connectivity index (χ0) is 62.0. The van der Waals surface area contributed by atoms with E-state index in [1.807, 2.05) is 0 Å². The first-order chi connectivity index (χ1) is 39.3. The lowest BCUT2D eigenvalue weighted by molar-refractivity contribution is -0.383. The van der Waals surface area contributed by atoms with Crippen LogP contribution in [0.15, 0.2) is 164 Å². The van der Waals surface area contributed by atoms with Crippen LogP contribution in [0.4, 0.5) is 68.5 Å². The van der Waals surface area contributed by atoms with Crippen molar-refractivity contribution in [2.45, 2.75) is 26.0 Å². The molecule has 0 radical (unpaired) electrons. The third-order valence-electron chi connectivity index (χ3n) is 11.0. The van der Waals surface area contributed by atoms with Gasteiger partial charge in [-0.1, -0.05) is 78.6 Å². The van der Waals surface area contributed by atoms with Gasteiger partial charge in [0.1, 0.15) is 23.6 Å². The van der Waals surface area contributed by atoms with E-state index < -0.39 is 74.6 Å². The van der Waals surface area contributed by atoms with Crippen molar-refractivity contribution in [3.8, 4) is 22.8 Å². The summed E-state index contributed by atoms with van der Waals surface area (Å²) in [4.78, 5) is 54.8. The molecule has 2 heterocycles. The summed E-state index contributed by atoms with van der Waals surface area (Å²) in [6.45, 7) is 0. The fourth-order valence-electron chi connectivity index (χ4n) is 7.09. The van der Waals surface area contributed by atoms with Crippen LogP contribution in [0.25, 0.3) is 44.8 Å². The minimum absolute atomic E-state index is 0. The van der Waals surface area contributed by atoms with Gasteiger partial charge in [-0.25, -0.2) is 27.5 Å². The molecule has 0 amide bonds. The molecule has 0 aliphatic heterocycles. The highest BCUT2D eigenvalue weighted by Gasteiger charge is 2.33. The topological polar surface area (TPSA) is 167 Å². The molecule has 0 aliphatic rings. The van der Waals surface area contributed by atoms with E-state index in [4.69, 9.17) is 52.1 Å². The number of benzene rings is 8. The monoisotopic (exact) mass is 1270 g/mol. The number of nitro groups is 1. The van der Waals surface area contributed by atoms with Crippen LogP contribution >= 0.6 is 46.4 Å². The number of nitrogens with one attached hydrogen (secondary N) is 1. The molecular weight excluding hydrogens is 1240 g/mol. The van der Waals surface area contributed by atoms with Gasteiger partial charge < -0.3 is 10.7 Å². The molecule has 85 heavy (non-hydrogen) atoms. The normalized spacial score (nSPS) is 11.1. The molecule has 10 rings (SSSR count). The number of alkyl halides is 9. The van der Waals surface area contributed by atoms with Gasteiger partial charge in [0.05, 0.1) is 43.7 Å². The zero-order valence-corrected chi connectivity index (χ0v) is 44.5. The summed E-state index contributed by atoms with van der Waals surface area (Å²) < 4.78 is 166. The number of nitrogens with zero attached hydrogens (tertiary/aromatic N) is 4. The van der Waals surface area contributed by atoms with Gasteiger partial charge in [-0.05, 0) is 133 Å². The zero-order valence-electron chi connectivity index (χ0n) is 41.5. The molecule has 8 aromatic carbocycles. The molecule has 0 aliphatic carbocycles. The second-order valence-corrected chi connectivity index (χ2v) is 18.5. The Kier molecular flexibility index (Phi) is 22.2. The summed E-state index contributed by atoms with van der Waals surface area (Å²) >= 11 is 22.3. The number of fused-ring (bicyclic) bond motifs is 2. The summed E-state index contributed by atoms with van der Waals surface area (Å²) in [5.41, 5.74) is 4.87. The number of aromatic nitrogens is 4. The molecule has 2 aromatic heterocycles. The molecule has 0 spiro atoms. The average molecular weight is 1270 g/mol. The van der Waals surface area contributed by atoms with Crippen molar-refractivity contribution in [3.05, 3.63) is 246 Å². The Morgan fingerprint density at radius 1 is 0.565 bits per heavy atom. The number of halogens is 17. The number of rotatable bonds is 6. The van der Waals surface area contributed by atoms with E-state index in [-0.39, 0.29) is 57.9 Å². The Bertz CT molecular complexity index is 4080. The van der Waals surface area contributed by atoms with Crippen LogP contribution in [0, 0.1) is 33.4 Å².